The van der Waals surface area contributed by atoms with Crippen molar-refractivity contribution in [3.8, 4) is 0 Å². The molecule has 2 atom stereocenters. The fourth-order valence-electron chi connectivity index (χ4n) is 3.44. The molecule has 0 saturated heterocycles. The largest absolute Gasteiger partial charge is 0.368 e. The van der Waals surface area contributed by atoms with Gasteiger partial charge in [0.05, 0.1) is 0 Å². The third-order valence-electron chi connectivity index (χ3n) is 4.99. The SMILES string of the molecule is CC(=O)N[C@@H](Cc1ccccc1F)C(=O)N[C@H](Cc1ccc2ccccc2c1)C(N)=O. The van der Waals surface area contributed by atoms with E-state index in [1.165, 1.54) is 19.1 Å². The first-order valence-electron chi connectivity index (χ1n) is 9.91. The van der Waals surface area contributed by atoms with Crippen LogP contribution < -0.4 is 16.4 Å². The van der Waals surface area contributed by atoms with Gasteiger partial charge in [0, 0.05) is 19.8 Å². The van der Waals surface area contributed by atoms with Crippen LogP contribution in [0.25, 0.3) is 10.8 Å². The first kappa shape index (κ1) is 22.0. The Morgan fingerprint density at radius 2 is 1.55 bits per heavy atom. The molecule has 4 N–H and O–H groups in total. The Labute approximate surface area is 179 Å². The molecule has 0 aromatic heterocycles. The van der Waals surface area contributed by atoms with Gasteiger partial charge in [0.2, 0.25) is 17.7 Å². The number of hydrogen-bond donors (Lipinski definition) is 3. The van der Waals surface area contributed by atoms with E-state index in [4.69, 9.17) is 5.73 Å². The highest BCUT2D eigenvalue weighted by molar-refractivity contribution is 5.91. The van der Waals surface area contributed by atoms with Gasteiger partial charge in [0.1, 0.15) is 17.9 Å². The molecule has 0 spiro atoms. The highest BCUT2D eigenvalue weighted by atomic mass is 19.1. The van der Waals surface area contributed by atoms with E-state index in [2.05, 4.69) is 10.6 Å². The predicted octanol–water partition coefficient (Wildman–Crippen LogP) is 2.24. The third-order valence-corrected chi connectivity index (χ3v) is 4.99. The monoisotopic (exact) mass is 421 g/mol. The normalized spacial score (nSPS) is 12.7. The molecule has 3 aromatic carbocycles. The molecule has 31 heavy (non-hydrogen) atoms. The molecule has 0 fully saturated rings. The van der Waals surface area contributed by atoms with E-state index < -0.39 is 35.6 Å². The maximum atomic E-state index is 14.0. The van der Waals surface area contributed by atoms with Crippen LogP contribution in [-0.4, -0.2) is 29.8 Å². The molecule has 0 bridgehead atoms. The number of hydrogen-bond acceptors (Lipinski definition) is 3. The fourth-order valence-corrected chi connectivity index (χ4v) is 3.44. The number of benzene rings is 3. The number of rotatable bonds is 8. The molecule has 0 heterocycles. The zero-order valence-electron chi connectivity index (χ0n) is 17.1. The molecule has 160 valence electrons. The van der Waals surface area contributed by atoms with E-state index in [-0.39, 0.29) is 18.4 Å². The van der Waals surface area contributed by atoms with Crippen LogP contribution in [-0.2, 0) is 27.2 Å². The summed E-state index contributed by atoms with van der Waals surface area (Å²) in [6, 6.07) is 17.5. The maximum Gasteiger partial charge on any atom is 0.243 e. The lowest BCUT2D eigenvalue weighted by atomic mass is 10.00. The number of fused-ring (bicyclic) bond motifs is 1. The lowest BCUT2D eigenvalue weighted by Gasteiger charge is -2.22. The van der Waals surface area contributed by atoms with E-state index >= 15 is 0 Å². The van der Waals surface area contributed by atoms with Crippen LogP contribution in [0.15, 0.2) is 66.7 Å². The lowest BCUT2D eigenvalue weighted by molar-refractivity contribution is -0.130. The van der Waals surface area contributed by atoms with Gasteiger partial charge in [-0.2, -0.15) is 0 Å². The summed E-state index contributed by atoms with van der Waals surface area (Å²) in [4.78, 5) is 36.5. The highest BCUT2D eigenvalue weighted by Gasteiger charge is 2.26. The van der Waals surface area contributed by atoms with Crippen LogP contribution in [0.3, 0.4) is 0 Å². The second-order valence-corrected chi connectivity index (χ2v) is 7.40. The van der Waals surface area contributed by atoms with Gasteiger partial charge < -0.3 is 16.4 Å². The molecule has 3 amide bonds. The molecular weight excluding hydrogens is 397 g/mol. The molecule has 0 aliphatic carbocycles. The Balaban J connectivity index is 1.76. The molecule has 3 aromatic rings. The molecule has 0 saturated carbocycles. The quantitative estimate of drug-likeness (QED) is 0.520. The van der Waals surface area contributed by atoms with Crippen molar-refractivity contribution >= 4 is 28.5 Å². The molecule has 0 aliphatic heterocycles. The molecule has 0 aliphatic rings. The summed E-state index contributed by atoms with van der Waals surface area (Å²) in [6.07, 6.45) is 0.137. The zero-order valence-corrected chi connectivity index (χ0v) is 17.1. The van der Waals surface area contributed by atoms with Crippen LogP contribution in [0.2, 0.25) is 0 Å². The van der Waals surface area contributed by atoms with Crippen molar-refractivity contribution in [3.05, 3.63) is 83.7 Å². The Kier molecular flexibility index (Phi) is 6.97. The smallest absolute Gasteiger partial charge is 0.243 e. The van der Waals surface area contributed by atoms with E-state index in [1.54, 1.807) is 12.1 Å². The van der Waals surface area contributed by atoms with E-state index in [9.17, 15) is 18.8 Å². The predicted molar refractivity (Wildman–Crippen MR) is 116 cm³/mol. The van der Waals surface area contributed by atoms with Crippen molar-refractivity contribution < 1.29 is 18.8 Å². The van der Waals surface area contributed by atoms with Gasteiger partial charge in [-0.05, 0) is 28.0 Å². The summed E-state index contributed by atoms with van der Waals surface area (Å²) in [6.45, 7) is 1.27. The first-order chi connectivity index (χ1) is 14.8. The lowest BCUT2D eigenvalue weighted by Crippen LogP contribution is -2.54. The summed E-state index contributed by atoms with van der Waals surface area (Å²) in [5.41, 5.74) is 6.63. The molecule has 6 nitrogen and oxygen atoms in total. The van der Waals surface area contributed by atoms with Crippen molar-refractivity contribution in [2.45, 2.75) is 31.8 Å². The van der Waals surface area contributed by atoms with Crippen molar-refractivity contribution in [1.29, 1.82) is 0 Å². The summed E-state index contributed by atoms with van der Waals surface area (Å²) in [7, 11) is 0. The van der Waals surface area contributed by atoms with Gasteiger partial charge in [-0.3, -0.25) is 14.4 Å². The molecule has 3 rings (SSSR count). The maximum absolute atomic E-state index is 14.0. The van der Waals surface area contributed by atoms with E-state index in [0.717, 1.165) is 16.3 Å². The van der Waals surface area contributed by atoms with Gasteiger partial charge in [-0.25, -0.2) is 4.39 Å². The minimum atomic E-state index is -1.05. The Morgan fingerprint density at radius 3 is 2.23 bits per heavy atom. The number of halogens is 1. The highest BCUT2D eigenvalue weighted by Crippen LogP contribution is 2.17. The summed E-state index contributed by atoms with van der Waals surface area (Å²) < 4.78 is 14.0. The van der Waals surface area contributed by atoms with E-state index in [0.29, 0.717) is 0 Å². The van der Waals surface area contributed by atoms with Crippen molar-refractivity contribution in [3.63, 3.8) is 0 Å². The number of nitrogens with two attached hydrogens (primary N) is 1. The average Bonchev–Trinajstić information content (AvgIpc) is 2.73. The molecule has 0 unspecified atom stereocenters. The second-order valence-electron chi connectivity index (χ2n) is 7.40. The van der Waals surface area contributed by atoms with Gasteiger partial charge in [-0.1, -0.05) is 60.7 Å². The number of carbonyl (C=O) groups excluding carboxylic acids is 3. The van der Waals surface area contributed by atoms with Gasteiger partial charge in [0.25, 0.3) is 0 Å². The Morgan fingerprint density at radius 1 is 0.871 bits per heavy atom. The standard InChI is InChI=1S/C24H24FN3O3/c1-15(29)27-22(14-19-8-4-5-9-20(19)25)24(31)28-21(23(26)30)13-16-10-11-17-6-2-3-7-18(17)12-16/h2-12,21-22H,13-14H2,1H3,(H2,26,30)(H,27,29)(H,28,31)/t21-,22+/m1/s1. The first-order valence-corrected chi connectivity index (χ1v) is 9.91. The topological polar surface area (TPSA) is 101 Å². The van der Waals surface area contributed by atoms with Gasteiger partial charge in [0.15, 0.2) is 0 Å². The number of amides is 3. The minimum absolute atomic E-state index is 0.0560. The van der Waals surface area contributed by atoms with E-state index in [1.807, 2.05) is 42.5 Å². The second kappa shape index (κ2) is 9.84. The Bertz CT molecular complexity index is 1120. The van der Waals surface area contributed by atoms with Gasteiger partial charge in [-0.15, -0.1) is 0 Å². The molecule has 7 heteroatoms. The molecule has 0 radical (unpaired) electrons. The van der Waals surface area contributed by atoms with Crippen molar-refractivity contribution in [2.24, 2.45) is 5.73 Å². The Hall–Kier alpha value is -3.74. The third kappa shape index (κ3) is 5.88. The number of primary amides is 1. The van der Waals surface area contributed by atoms with Crippen LogP contribution >= 0.6 is 0 Å². The van der Waals surface area contributed by atoms with Crippen molar-refractivity contribution in [2.75, 3.05) is 0 Å². The summed E-state index contributed by atoms with van der Waals surface area (Å²) in [5, 5.41) is 7.19. The van der Waals surface area contributed by atoms with Crippen LogP contribution in [0.5, 0.6) is 0 Å². The summed E-state index contributed by atoms with van der Waals surface area (Å²) >= 11 is 0. The van der Waals surface area contributed by atoms with Crippen LogP contribution in [0, 0.1) is 5.82 Å². The zero-order chi connectivity index (χ0) is 22.4. The number of nitrogens with one attached hydrogen (secondary N) is 2. The molecular formula is C24H24FN3O3. The van der Waals surface area contributed by atoms with Crippen molar-refractivity contribution in [1.82, 2.24) is 10.6 Å². The minimum Gasteiger partial charge on any atom is -0.368 e. The average molecular weight is 421 g/mol. The van der Waals surface area contributed by atoms with Gasteiger partial charge >= 0.3 is 0 Å². The van der Waals surface area contributed by atoms with Crippen LogP contribution in [0.1, 0.15) is 18.1 Å². The summed E-state index contributed by atoms with van der Waals surface area (Å²) in [5.74, 6) is -2.23. The van der Waals surface area contributed by atoms with Crippen LogP contribution in [0.4, 0.5) is 4.39 Å². The number of carbonyl (C=O) groups is 3. The fraction of sp³-hybridized carbons (Fsp3) is 0.208.